The Morgan fingerprint density at radius 3 is 2.74 bits per heavy atom. The van der Waals surface area contributed by atoms with E-state index in [2.05, 4.69) is 10.3 Å². The van der Waals surface area contributed by atoms with E-state index in [0.717, 1.165) is 11.2 Å². The number of rotatable bonds is 2. The maximum absolute atomic E-state index is 12.1. The van der Waals surface area contributed by atoms with Gasteiger partial charge >= 0.3 is 0 Å². The molecule has 0 radical (unpaired) electrons. The third-order valence-electron chi connectivity index (χ3n) is 2.79. The second-order valence-electron chi connectivity index (χ2n) is 4.24. The van der Waals surface area contributed by atoms with Crippen LogP contribution in [0.25, 0.3) is 11.1 Å². The van der Waals surface area contributed by atoms with E-state index in [-0.39, 0.29) is 5.91 Å². The molecule has 0 spiro atoms. The van der Waals surface area contributed by atoms with Crippen molar-refractivity contribution in [2.75, 3.05) is 5.32 Å². The summed E-state index contributed by atoms with van der Waals surface area (Å²) in [7, 11) is 0. The number of anilines is 1. The summed E-state index contributed by atoms with van der Waals surface area (Å²) >= 11 is 0. The van der Waals surface area contributed by atoms with Crippen LogP contribution in [0, 0.1) is 6.92 Å². The second kappa shape index (κ2) is 4.57. The topological polar surface area (TPSA) is 55.1 Å². The lowest BCUT2D eigenvalue weighted by atomic mass is 10.2. The summed E-state index contributed by atoms with van der Waals surface area (Å²) in [5, 5.41) is 2.83. The molecule has 4 nitrogen and oxygen atoms in total. The number of benzene rings is 2. The zero-order valence-corrected chi connectivity index (χ0v) is 10.4. The average molecular weight is 252 g/mol. The van der Waals surface area contributed by atoms with Crippen molar-refractivity contribution in [2.45, 2.75) is 6.92 Å². The smallest absolute Gasteiger partial charge is 0.255 e. The molecule has 0 aliphatic rings. The first kappa shape index (κ1) is 11.5. The predicted molar refractivity (Wildman–Crippen MR) is 73.1 cm³/mol. The van der Waals surface area contributed by atoms with E-state index in [1.165, 1.54) is 0 Å². The van der Waals surface area contributed by atoms with Crippen LogP contribution < -0.4 is 5.32 Å². The SMILES string of the molecule is Cc1nc2ccc(C(=O)Nc3ccccc3)cc2o1. The van der Waals surface area contributed by atoms with E-state index in [0.29, 0.717) is 17.0 Å². The Labute approximate surface area is 110 Å². The summed E-state index contributed by atoms with van der Waals surface area (Å²) in [5.74, 6) is 0.428. The molecular formula is C15H12N2O2. The summed E-state index contributed by atoms with van der Waals surface area (Å²) in [6.07, 6.45) is 0. The van der Waals surface area contributed by atoms with Crippen molar-refractivity contribution in [3.8, 4) is 0 Å². The Balaban J connectivity index is 1.89. The molecule has 0 bridgehead atoms. The van der Waals surface area contributed by atoms with E-state index < -0.39 is 0 Å². The third kappa shape index (κ3) is 2.33. The molecule has 3 rings (SSSR count). The van der Waals surface area contributed by atoms with Crippen LogP contribution in [-0.2, 0) is 0 Å². The minimum atomic E-state index is -0.165. The first-order valence-corrected chi connectivity index (χ1v) is 5.96. The highest BCUT2D eigenvalue weighted by Gasteiger charge is 2.09. The van der Waals surface area contributed by atoms with Crippen LogP contribution in [0.4, 0.5) is 5.69 Å². The van der Waals surface area contributed by atoms with Gasteiger partial charge < -0.3 is 9.73 Å². The molecule has 0 fully saturated rings. The maximum Gasteiger partial charge on any atom is 0.255 e. The minimum Gasteiger partial charge on any atom is -0.441 e. The lowest BCUT2D eigenvalue weighted by Crippen LogP contribution is -2.11. The van der Waals surface area contributed by atoms with Gasteiger partial charge in [0.2, 0.25) is 0 Å². The standard InChI is InChI=1S/C15H12N2O2/c1-10-16-13-8-7-11(9-14(13)19-10)15(18)17-12-5-3-2-4-6-12/h2-9H,1H3,(H,17,18). The summed E-state index contributed by atoms with van der Waals surface area (Å²) < 4.78 is 5.42. The molecular weight excluding hydrogens is 240 g/mol. The maximum atomic E-state index is 12.1. The fourth-order valence-corrected chi connectivity index (χ4v) is 1.91. The Bertz CT molecular complexity index is 732. The van der Waals surface area contributed by atoms with Gasteiger partial charge in [0.05, 0.1) is 0 Å². The lowest BCUT2D eigenvalue weighted by Gasteiger charge is -2.04. The highest BCUT2D eigenvalue weighted by molar-refractivity contribution is 6.05. The van der Waals surface area contributed by atoms with Crippen molar-refractivity contribution in [2.24, 2.45) is 0 Å². The number of carbonyl (C=O) groups is 1. The fourth-order valence-electron chi connectivity index (χ4n) is 1.91. The molecule has 0 unspecified atom stereocenters. The van der Waals surface area contributed by atoms with Gasteiger partial charge in [-0.2, -0.15) is 0 Å². The van der Waals surface area contributed by atoms with Crippen molar-refractivity contribution in [1.82, 2.24) is 4.98 Å². The first-order valence-electron chi connectivity index (χ1n) is 5.96. The van der Waals surface area contributed by atoms with Crippen LogP contribution >= 0.6 is 0 Å². The highest BCUT2D eigenvalue weighted by Crippen LogP contribution is 2.17. The summed E-state index contributed by atoms with van der Waals surface area (Å²) in [5.41, 5.74) is 2.70. The molecule has 0 aliphatic carbocycles. The molecule has 3 aromatic rings. The van der Waals surface area contributed by atoms with Crippen molar-refractivity contribution >= 4 is 22.7 Å². The minimum absolute atomic E-state index is 0.165. The average Bonchev–Trinajstić information content (AvgIpc) is 2.78. The number of para-hydroxylation sites is 1. The quantitative estimate of drug-likeness (QED) is 0.760. The zero-order valence-electron chi connectivity index (χ0n) is 10.4. The number of nitrogens with zero attached hydrogens (tertiary/aromatic N) is 1. The number of aromatic nitrogens is 1. The third-order valence-corrected chi connectivity index (χ3v) is 2.79. The van der Waals surface area contributed by atoms with Gasteiger partial charge in [0.25, 0.3) is 5.91 Å². The van der Waals surface area contributed by atoms with Gasteiger partial charge in [0, 0.05) is 18.2 Å². The van der Waals surface area contributed by atoms with Gasteiger partial charge in [-0.1, -0.05) is 18.2 Å². The van der Waals surface area contributed by atoms with Crippen molar-refractivity contribution in [3.05, 3.63) is 60.0 Å². The zero-order chi connectivity index (χ0) is 13.2. The monoisotopic (exact) mass is 252 g/mol. The van der Waals surface area contributed by atoms with Crippen LogP contribution in [0.1, 0.15) is 16.2 Å². The van der Waals surface area contributed by atoms with Crippen LogP contribution in [0.15, 0.2) is 52.9 Å². The Hall–Kier alpha value is -2.62. The van der Waals surface area contributed by atoms with Crippen molar-refractivity contribution < 1.29 is 9.21 Å². The van der Waals surface area contributed by atoms with E-state index in [9.17, 15) is 4.79 Å². The molecule has 0 aliphatic heterocycles. The van der Waals surface area contributed by atoms with Crippen LogP contribution in [-0.4, -0.2) is 10.9 Å². The predicted octanol–water partition coefficient (Wildman–Crippen LogP) is 3.39. The Morgan fingerprint density at radius 1 is 1.16 bits per heavy atom. The van der Waals surface area contributed by atoms with Crippen LogP contribution in [0.3, 0.4) is 0 Å². The molecule has 1 amide bonds. The number of hydrogen-bond donors (Lipinski definition) is 1. The number of fused-ring (bicyclic) bond motifs is 1. The second-order valence-corrected chi connectivity index (χ2v) is 4.24. The molecule has 2 aromatic carbocycles. The van der Waals surface area contributed by atoms with Gasteiger partial charge in [-0.05, 0) is 30.3 Å². The highest BCUT2D eigenvalue weighted by atomic mass is 16.3. The molecule has 1 N–H and O–H groups in total. The summed E-state index contributed by atoms with van der Waals surface area (Å²) in [6.45, 7) is 1.78. The normalized spacial score (nSPS) is 10.6. The Kier molecular flexibility index (Phi) is 2.76. The molecule has 19 heavy (non-hydrogen) atoms. The molecule has 0 atom stereocenters. The number of amides is 1. The largest absolute Gasteiger partial charge is 0.441 e. The van der Waals surface area contributed by atoms with Crippen LogP contribution in [0.5, 0.6) is 0 Å². The van der Waals surface area contributed by atoms with Gasteiger partial charge in [0.1, 0.15) is 5.52 Å². The molecule has 94 valence electrons. The molecule has 1 aromatic heterocycles. The summed E-state index contributed by atoms with van der Waals surface area (Å²) in [6, 6.07) is 14.6. The van der Waals surface area contributed by atoms with Crippen LogP contribution in [0.2, 0.25) is 0 Å². The van der Waals surface area contributed by atoms with E-state index >= 15 is 0 Å². The van der Waals surface area contributed by atoms with Gasteiger partial charge in [0.15, 0.2) is 11.5 Å². The number of nitrogens with one attached hydrogen (secondary N) is 1. The molecule has 0 saturated carbocycles. The van der Waals surface area contributed by atoms with Crippen molar-refractivity contribution in [1.29, 1.82) is 0 Å². The van der Waals surface area contributed by atoms with Gasteiger partial charge in [-0.3, -0.25) is 4.79 Å². The fraction of sp³-hybridized carbons (Fsp3) is 0.0667. The van der Waals surface area contributed by atoms with E-state index in [1.54, 1.807) is 25.1 Å². The summed E-state index contributed by atoms with van der Waals surface area (Å²) in [4.78, 5) is 16.3. The lowest BCUT2D eigenvalue weighted by molar-refractivity contribution is 0.102. The Morgan fingerprint density at radius 2 is 1.95 bits per heavy atom. The number of aryl methyl sites for hydroxylation is 1. The molecule has 4 heteroatoms. The number of oxazole rings is 1. The molecule has 1 heterocycles. The van der Waals surface area contributed by atoms with Crippen molar-refractivity contribution in [3.63, 3.8) is 0 Å². The van der Waals surface area contributed by atoms with E-state index in [1.807, 2.05) is 30.3 Å². The number of carbonyl (C=O) groups excluding carboxylic acids is 1. The van der Waals surface area contributed by atoms with Gasteiger partial charge in [-0.15, -0.1) is 0 Å². The van der Waals surface area contributed by atoms with Gasteiger partial charge in [-0.25, -0.2) is 4.98 Å². The number of hydrogen-bond acceptors (Lipinski definition) is 3. The molecule has 0 saturated heterocycles. The first-order chi connectivity index (χ1) is 9.22. The van der Waals surface area contributed by atoms with E-state index in [4.69, 9.17) is 4.42 Å².